The van der Waals surface area contributed by atoms with Crippen LogP contribution in [0.2, 0.25) is 0 Å². The largest absolute Gasteiger partial charge is 0.465 e. The number of fused-ring (bicyclic) bond motifs is 1. The molecule has 32 heavy (non-hydrogen) atoms. The second-order valence-electron chi connectivity index (χ2n) is 7.33. The lowest BCUT2D eigenvalue weighted by atomic mass is 10.2. The number of hydrogen-bond acceptors (Lipinski definition) is 9. The van der Waals surface area contributed by atoms with Crippen LogP contribution in [0.5, 0.6) is 0 Å². The molecule has 0 aliphatic heterocycles. The highest BCUT2D eigenvalue weighted by Crippen LogP contribution is 2.36. The van der Waals surface area contributed by atoms with E-state index < -0.39 is 5.97 Å². The van der Waals surface area contributed by atoms with Gasteiger partial charge in [-0.1, -0.05) is 5.16 Å². The van der Waals surface area contributed by atoms with E-state index >= 15 is 0 Å². The lowest BCUT2D eigenvalue weighted by molar-refractivity contribution is 0.0607. The predicted molar refractivity (Wildman–Crippen MR) is 124 cm³/mol. The summed E-state index contributed by atoms with van der Waals surface area (Å²) in [6.45, 7) is 4.55. The first-order valence-electron chi connectivity index (χ1n) is 9.86. The van der Waals surface area contributed by atoms with Gasteiger partial charge in [-0.05, 0) is 45.2 Å². The molecule has 4 heterocycles. The van der Waals surface area contributed by atoms with Crippen LogP contribution in [0, 0.1) is 6.92 Å². The Bertz CT molecular complexity index is 1260. The summed E-state index contributed by atoms with van der Waals surface area (Å²) in [4.78, 5) is 34.6. The van der Waals surface area contributed by atoms with Crippen LogP contribution in [-0.4, -0.2) is 41.1 Å². The van der Waals surface area contributed by atoms with Crippen LogP contribution >= 0.6 is 22.7 Å². The van der Waals surface area contributed by atoms with Gasteiger partial charge in [-0.3, -0.25) is 9.69 Å². The van der Waals surface area contributed by atoms with E-state index in [4.69, 9.17) is 14.2 Å². The topological polar surface area (TPSA) is 97.6 Å². The van der Waals surface area contributed by atoms with Gasteiger partial charge in [0.15, 0.2) is 0 Å². The number of rotatable bonds is 7. The third kappa shape index (κ3) is 4.43. The van der Waals surface area contributed by atoms with Crippen LogP contribution in [0.3, 0.4) is 0 Å². The van der Waals surface area contributed by atoms with Gasteiger partial charge in [-0.25, -0.2) is 9.78 Å². The highest BCUT2D eigenvalue weighted by Gasteiger charge is 2.23. The number of esters is 1. The number of methoxy groups -OCH3 is 1. The molecule has 166 valence electrons. The van der Waals surface area contributed by atoms with Crippen LogP contribution < -0.4 is 5.32 Å². The van der Waals surface area contributed by atoms with Crippen molar-refractivity contribution >= 4 is 50.5 Å². The summed E-state index contributed by atoms with van der Waals surface area (Å²) in [6, 6.07) is 9.31. The molecule has 0 aliphatic rings. The van der Waals surface area contributed by atoms with Crippen LogP contribution in [0.25, 0.3) is 10.2 Å². The first-order valence-corrected chi connectivity index (χ1v) is 11.5. The molecular formula is C22H22N4O4S2. The van der Waals surface area contributed by atoms with E-state index in [9.17, 15) is 9.59 Å². The molecule has 4 rings (SSSR count). The molecule has 0 unspecified atom stereocenters. The number of aryl methyl sites for hydroxylation is 1. The first kappa shape index (κ1) is 22.1. The van der Waals surface area contributed by atoms with Crippen molar-refractivity contribution in [1.82, 2.24) is 15.0 Å². The maximum atomic E-state index is 12.7. The number of nitrogens with zero attached hydrogens (tertiary/aromatic N) is 3. The zero-order chi connectivity index (χ0) is 22.8. The van der Waals surface area contributed by atoms with Gasteiger partial charge in [0.25, 0.3) is 5.91 Å². The molecule has 1 atom stereocenters. The van der Waals surface area contributed by atoms with Crippen molar-refractivity contribution in [3.05, 3.63) is 62.6 Å². The van der Waals surface area contributed by atoms with Crippen LogP contribution in [0.1, 0.15) is 48.6 Å². The predicted octanol–water partition coefficient (Wildman–Crippen LogP) is 4.89. The zero-order valence-electron chi connectivity index (χ0n) is 18.0. The number of pyridine rings is 1. The summed E-state index contributed by atoms with van der Waals surface area (Å²) in [5.74, 6) is -0.776. The molecule has 0 saturated carbocycles. The molecular weight excluding hydrogens is 448 g/mol. The summed E-state index contributed by atoms with van der Waals surface area (Å²) in [6.07, 6.45) is 1.55. The number of amides is 1. The highest BCUT2D eigenvalue weighted by molar-refractivity contribution is 7.21. The molecule has 0 spiro atoms. The van der Waals surface area contributed by atoms with Gasteiger partial charge < -0.3 is 14.6 Å². The molecule has 10 heteroatoms. The van der Waals surface area contributed by atoms with Crippen molar-refractivity contribution in [2.24, 2.45) is 0 Å². The van der Waals surface area contributed by atoms with Crippen molar-refractivity contribution in [2.75, 3.05) is 19.5 Å². The average Bonchev–Trinajstić information content (AvgIpc) is 3.53. The van der Waals surface area contributed by atoms with Crippen molar-refractivity contribution in [3.8, 4) is 0 Å². The van der Waals surface area contributed by atoms with Crippen LogP contribution in [0.15, 0.2) is 41.1 Å². The number of aromatic nitrogens is 2. The molecule has 4 aromatic heterocycles. The van der Waals surface area contributed by atoms with E-state index in [0.717, 1.165) is 16.3 Å². The second kappa shape index (κ2) is 9.19. The monoisotopic (exact) mass is 470 g/mol. The van der Waals surface area contributed by atoms with Crippen molar-refractivity contribution < 1.29 is 18.8 Å². The Kier molecular flexibility index (Phi) is 6.35. The summed E-state index contributed by atoms with van der Waals surface area (Å²) < 4.78 is 9.88. The number of thiophene rings is 2. The second-order valence-corrected chi connectivity index (χ2v) is 9.62. The third-order valence-corrected chi connectivity index (χ3v) is 7.22. The Morgan fingerprint density at radius 1 is 1.22 bits per heavy atom. The Morgan fingerprint density at radius 2 is 2.03 bits per heavy atom. The lowest BCUT2D eigenvalue weighted by Gasteiger charge is -2.22. The Balaban J connectivity index is 1.63. The number of hydrogen-bond donors (Lipinski definition) is 1. The summed E-state index contributed by atoms with van der Waals surface area (Å²) in [5, 5.41) is 7.59. The molecule has 0 bridgehead atoms. The van der Waals surface area contributed by atoms with E-state index in [1.54, 1.807) is 12.3 Å². The normalized spacial score (nSPS) is 12.3. The molecule has 0 aromatic carbocycles. The number of carbonyl (C=O) groups is 2. The van der Waals surface area contributed by atoms with Gasteiger partial charge >= 0.3 is 5.97 Å². The Hall–Kier alpha value is -3.08. The smallest absolute Gasteiger partial charge is 0.350 e. The zero-order valence-corrected chi connectivity index (χ0v) is 19.7. The fraction of sp³-hybridized carbons (Fsp3) is 0.273. The number of ether oxygens (including phenoxy) is 1. The molecule has 0 saturated heterocycles. The molecule has 1 amide bonds. The van der Waals surface area contributed by atoms with Crippen molar-refractivity contribution in [2.45, 2.75) is 26.4 Å². The molecule has 0 radical (unpaired) electrons. The van der Waals surface area contributed by atoms with Crippen LogP contribution in [0.4, 0.5) is 5.69 Å². The van der Waals surface area contributed by atoms with E-state index in [2.05, 4.69) is 15.4 Å². The van der Waals surface area contributed by atoms with E-state index in [1.165, 1.54) is 29.8 Å². The first-order chi connectivity index (χ1) is 15.4. The number of anilines is 1. The van der Waals surface area contributed by atoms with Gasteiger partial charge in [0.1, 0.15) is 21.7 Å². The molecule has 0 fully saturated rings. The summed E-state index contributed by atoms with van der Waals surface area (Å²) >= 11 is 2.60. The fourth-order valence-electron chi connectivity index (χ4n) is 3.25. The van der Waals surface area contributed by atoms with Gasteiger partial charge in [0.05, 0.1) is 29.4 Å². The maximum absolute atomic E-state index is 12.7. The minimum atomic E-state index is -0.510. The number of carbonyl (C=O) groups excluding carboxylic acids is 2. The van der Waals surface area contributed by atoms with Gasteiger partial charge in [0, 0.05) is 22.9 Å². The van der Waals surface area contributed by atoms with Gasteiger partial charge in [-0.2, -0.15) is 0 Å². The SMILES string of the molecule is COC(=O)c1sc2nc(CN(C)[C@@H](C)c3ccon3)ccc2c1NC(=O)c1ccc(C)s1. The molecule has 1 N–H and O–H groups in total. The van der Waals surface area contributed by atoms with E-state index in [1.807, 2.05) is 45.2 Å². The Labute approximate surface area is 192 Å². The van der Waals surface area contributed by atoms with Crippen molar-refractivity contribution in [3.63, 3.8) is 0 Å². The highest BCUT2D eigenvalue weighted by atomic mass is 32.1. The van der Waals surface area contributed by atoms with E-state index in [-0.39, 0.29) is 11.9 Å². The Morgan fingerprint density at radius 3 is 2.69 bits per heavy atom. The van der Waals surface area contributed by atoms with Gasteiger partial charge in [0.2, 0.25) is 0 Å². The van der Waals surface area contributed by atoms with Crippen LogP contribution in [-0.2, 0) is 11.3 Å². The summed E-state index contributed by atoms with van der Waals surface area (Å²) in [7, 11) is 3.30. The minimum absolute atomic E-state index is 0.0457. The fourth-order valence-corrected chi connectivity index (χ4v) is 5.08. The minimum Gasteiger partial charge on any atom is -0.465 e. The lowest BCUT2D eigenvalue weighted by Crippen LogP contribution is -2.22. The quantitative estimate of drug-likeness (QED) is 0.384. The van der Waals surface area contributed by atoms with E-state index in [0.29, 0.717) is 32.2 Å². The van der Waals surface area contributed by atoms with Crippen molar-refractivity contribution in [1.29, 1.82) is 0 Å². The average molecular weight is 471 g/mol. The standard InChI is InChI=1S/C22H22N4O4S2/c1-12-5-8-17(31-12)20(27)24-18-15-7-6-14(23-21(15)32-19(18)22(28)29-4)11-26(3)13(2)16-9-10-30-25-16/h5-10,13H,11H2,1-4H3,(H,24,27)/t13-/m0/s1. The van der Waals surface area contributed by atoms with Gasteiger partial charge in [-0.15, -0.1) is 22.7 Å². The third-order valence-electron chi connectivity index (χ3n) is 5.14. The molecule has 0 aliphatic carbocycles. The molecule has 4 aromatic rings. The summed E-state index contributed by atoms with van der Waals surface area (Å²) in [5.41, 5.74) is 2.10. The number of nitrogens with one attached hydrogen (secondary N) is 1. The molecule has 8 nitrogen and oxygen atoms in total. The maximum Gasteiger partial charge on any atom is 0.350 e.